The molecule has 1 aliphatic heterocycles. The van der Waals surface area contributed by atoms with Gasteiger partial charge >= 0.3 is 0 Å². The van der Waals surface area contributed by atoms with Crippen molar-refractivity contribution in [1.29, 1.82) is 0 Å². The predicted octanol–water partition coefficient (Wildman–Crippen LogP) is 1.88. The molecule has 1 unspecified atom stereocenters. The fourth-order valence-electron chi connectivity index (χ4n) is 2.91. The Bertz CT molecular complexity index is 308. The third-order valence-corrected chi connectivity index (χ3v) is 4.06. The molecule has 20 heavy (non-hydrogen) atoms. The van der Waals surface area contributed by atoms with Crippen LogP contribution in [0.3, 0.4) is 0 Å². The molecule has 0 bridgehead atoms. The number of carbonyl (C=O) groups is 2. The Balaban J connectivity index is 2.49. The van der Waals surface area contributed by atoms with E-state index in [9.17, 15) is 9.59 Å². The number of aldehydes is 1. The van der Waals surface area contributed by atoms with Crippen LogP contribution >= 0.6 is 0 Å². The van der Waals surface area contributed by atoms with Crippen molar-refractivity contribution in [3.63, 3.8) is 0 Å². The molecule has 1 N–H and O–H groups in total. The minimum Gasteiger partial charge on any atom is -0.305 e. The van der Waals surface area contributed by atoms with E-state index in [0.29, 0.717) is 24.3 Å². The first-order valence-electron chi connectivity index (χ1n) is 7.89. The first-order chi connectivity index (χ1) is 9.43. The second kappa shape index (κ2) is 8.53. The zero-order valence-corrected chi connectivity index (χ0v) is 13.4. The molecule has 0 aromatic heterocycles. The highest BCUT2D eigenvalue weighted by Crippen LogP contribution is 2.23. The highest BCUT2D eigenvalue weighted by Gasteiger charge is 2.27. The number of nitrogens with one attached hydrogen (secondary N) is 1. The van der Waals surface area contributed by atoms with Crippen molar-refractivity contribution in [2.24, 2.45) is 11.8 Å². The smallest absolute Gasteiger partial charge is 0.152 e. The number of carbonyl (C=O) groups excluding carboxylic acids is 2. The summed E-state index contributed by atoms with van der Waals surface area (Å²) in [6.07, 6.45) is 4.10. The summed E-state index contributed by atoms with van der Waals surface area (Å²) >= 11 is 0. The van der Waals surface area contributed by atoms with Crippen LogP contribution in [-0.2, 0) is 9.59 Å². The average Bonchev–Trinajstić information content (AvgIpc) is 2.39. The summed E-state index contributed by atoms with van der Waals surface area (Å²) in [5.41, 5.74) is 0. The molecular weight excluding hydrogens is 252 g/mol. The van der Waals surface area contributed by atoms with Gasteiger partial charge in [0, 0.05) is 12.0 Å². The third kappa shape index (κ3) is 5.71. The Morgan fingerprint density at radius 2 is 1.85 bits per heavy atom. The van der Waals surface area contributed by atoms with Gasteiger partial charge in [-0.3, -0.25) is 9.69 Å². The minimum absolute atomic E-state index is 0.0161. The number of hydrogen-bond donors (Lipinski definition) is 1. The van der Waals surface area contributed by atoms with E-state index >= 15 is 0 Å². The second-order valence-electron chi connectivity index (χ2n) is 6.58. The lowest BCUT2D eigenvalue weighted by Gasteiger charge is -2.33. The van der Waals surface area contributed by atoms with E-state index in [2.05, 4.69) is 24.1 Å². The summed E-state index contributed by atoms with van der Waals surface area (Å²) < 4.78 is 0. The maximum Gasteiger partial charge on any atom is 0.152 e. The third-order valence-electron chi connectivity index (χ3n) is 4.06. The van der Waals surface area contributed by atoms with Crippen LogP contribution in [0.25, 0.3) is 0 Å². The van der Waals surface area contributed by atoms with Gasteiger partial charge in [0.05, 0.1) is 12.6 Å². The zero-order valence-electron chi connectivity index (χ0n) is 13.4. The molecule has 0 aliphatic carbocycles. The largest absolute Gasteiger partial charge is 0.305 e. The summed E-state index contributed by atoms with van der Waals surface area (Å²) in [4.78, 5) is 25.0. The Morgan fingerprint density at radius 1 is 1.25 bits per heavy atom. The summed E-state index contributed by atoms with van der Waals surface area (Å²) in [5, 5.41) is 3.43. The van der Waals surface area contributed by atoms with Gasteiger partial charge < -0.3 is 10.1 Å². The van der Waals surface area contributed by atoms with Gasteiger partial charge in [-0.2, -0.15) is 0 Å². The van der Waals surface area contributed by atoms with Crippen LogP contribution in [0.5, 0.6) is 0 Å². The van der Waals surface area contributed by atoms with Gasteiger partial charge in [-0.25, -0.2) is 0 Å². The first kappa shape index (κ1) is 17.3. The topological polar surface area (TPSA) is 49.4 Å². The van der Waals surface area contributed by atoms with Crippen LogP contribution in [-0.4, -0.2) is 48.7 Å². The van der Waals surface area contributed by atoms with Crippen LogP contribution in [0.4, 0.5) is 0 Å². The molecule has 0 spiro atoms. The highest BCUT2D eigenvalue weighted by molar-refractivity contribution is 5.85. The quantitative estimate of drug-likeness (QED) is 0.691. The van der Waals surface area contributed by atoms with Gasteiger partial charge in [0.2, 0.25) is 0 Å². The number of nitrogens with zero attached hydrogens (tertiary/aromatic N) is 1. The fourth-order valence-corrected chi connectivity index (χ4v) is 2.91. The molecule has 0 aromatic rings. The van der Waals surface area contributed by atoms with Crippen molar-refractivity contribution in [1.82, 2.24) is 10.2 Å². The molecule has 0 aromatic carbocycles. The lowest BCUT2D eigenvalue weighted by Crippen LogP contribution is -2.45. The van der Waals surface area contributed by atoms with E-state index in [-0.39, 0.29) is 12.0 Å². The molecule has 116 valence electrons. The molecular formula is C16H30N2O2. The number of hydrogen-bond acceptors (Lipinski definition) is 4. The maximum absolute atomic E-state index is 12.3. The minimum atomic E-state index is -0.0161. The van der Waals surface area contributed by atoms with E-state index < -0.39 is 0 Å². The van der Waals surface area contributed by atoms with E-state index in [4.69, 9.17) is 0 Å². The monoisotopic (exact) mass is 282 g/mol. The van der Waals surface area contributed by atoms with Crippen molar-refractivity contribution in [3.8, 4) is 0 Å². The lowest BCUT2D eigenvalue weighted by atomic mass is 9.86. The van der Waals surface area contributed by atoms with Crippen molar-refractivity contribution < 1.29 is 9.59 Å². The maximum atomic E-state index is 12.3. The molecule has 0 amide bonds. The van der Waals surface area contributed by atoms with Crippen LogP contribution in [0.15, 0.2) is 0 Å². The molecule has 1 rings (SSSR count). The van der Waals surface area contributed by atoms with E-state index in [1.807, 2.05) is 13.8 Å². The average molecular weight is 282 g/mol. The zero-order chi connectivity index (χ0) is 15.1. The number of ketones is 1. The van der Waals surface area contributed by atoms with Gasteiger partial charge in [-0.05, 0) is 38.3 Å². The summed E-state index contributed by atoms with van der Waals surface area (Å²) in [5.74, 6) is 1.01. The molecule has 1 saturated heterocycles. The number of rotatable bonds is 8. The van der Waals surface area contributed by atoms with Gasteiger partial charge in [0.25, 0.3) is 0 Å². The Kier molecular flexibility index (Phi) is 7.38. The molecule has 1 heterocycles. The molecule has 4 nitrogen and oxygen atoms in total. The van der Waals surface area contributed by atoms with Crippen LogP contribution in [0.1, 0.15) is 47.0 Å². The van der Waals surface area contributed by atoms with Crippen molar-refractivity contribution in [2.45, 2.75) is 59.0 Å². The van der Waals surface area contributed by atoms with E-state index in [1.165, 1.54) is 0 Å². The molecule has 4 heteroatoms. The van der Waals surface area contributed by atoms with Crippen LogP contribution in [0, 0.1) is 11.8 Å². The van der Waals surface area contributed by atoms with E-state index in [1.54, 1.807) is 0 Å². The van der Waals surface area contributed by atoms with Crippen LogP contribution in [0.2, 0.25) is 0 Å². The van der Waals surface area contributed by atoms with Gasteiger partial charge in [0.15, 0.2) is 5.78 Å². The highest BCUT2D eigenvalue weighted by atomic mass is 16.1. The van der Waals surface area contributed by atoms with Gasteiger partial charge in [-0.1, -0.05) is 27.7 Å². The summed E-state index contributed by atoms with van der Waals surface area (Å²) in [6.45, 7) is 10.6. The Morgan fingerprint density at radius 3 is 2.30 bits per heavy atom. The first-order valence-corrected chi connectivity index (χ1v) is 7.89. The molecule has 1 atom stereocenters. The van der Waals surface area contributed by atoms with Crippen molar-refractivity contribution in [2.75, 3.05) is 19.6 Å². The van der Waals surface area contributed by atoms with E-state index in [0.717, 1.165) is 38.6 Å². The molecule has 1 fully saturated rings. The Hall–Kier alpha value is -0.740. The SMILES string of the molecule is CC(C)NC(CC1CCN(CC=O)CC1)C(=O)C(C)C. The summed E-state index contributed by atoms with van der Waals surface area (Å²) in [7, 11) is 0. The van der Waals surface area contributed by atoms with Gasteiger partial charge in [0.1, 0.15) is 6.29 Å². The fraction of sp³-hybridized carbons (Fsp3) is 0.875. The molecule has 0 saturated carbocycles. The molecule has 0 radical (unpaired) electrons. The molecule has 1 aliphatic rings. The lowest BCUT2D eigenvalue weighted by molar-refractivity contribution is -0.124. The number of likely N-dealkylation sites (tertiary alicyclic amines) is 1. The van der Waals surface area contributed by atoms with Crippen LogP contribution < -0.4 is 5.32 Å². The number of piperidine rings is 1. The summed E-state index contributed by atoms with van der Waals surface area (Å²) in [6, 6.07) is 0.315. The van der Waals surface area contributed by atoms with Gasteiger partial charge in [-0.15, -0.1) is 0 Å². The second-order valence-corrected chi connectivity index (χ2v) is 6.58. The van der Waals surface area contributed by atoms with Crippen molar-refractivity contribution in [3.05, 3.63) is 0 Å². The Labute approximate surface area is 123 Å². The predicted molar refractivity (Wildman–Crippen MR) is 81.7 cm³/mol. The van der Waals surface area contributed by atoms with Crippen molar-refractivity contribution >= 4 is 12.1 Å². The number of Topliss-reactive ketones (excluding diaryl/α,β-unsaturated/α-hetero) is 1. The standard InChI is InChI=1S/C16H30N2O2/c1-12(2)16(20)15(17-13(3)4)11-14-5-7-18(8-6-14)9-10-19/h10,12-15,17H,5-9,11H2,1-4H3. The normalized spacial score (nSPS) is 19.5.